The van der Waals surface area contributed by atoms with E-state index in [1.165, 1.54) is 12.1 Å². The highest BCUT2D eigenvalue weighted by atomic mass is 35.5. The van der Waals surface area contributed by atoms with Crippen LogP contribution in [0.4, 0.5) is 4.39 Å². The number of hydrogen-bond acceptors (Lipinski definition) is 3. The average molecular weight is 335 g/mol. The molecule has 0 radical (unpaired) electrons. The summed E-state index contributed by atoms with van der Waals surface area (Å²) >= 11 is 11.7. The molecule has 1 aromatic carbocycles. The molecule has 2 atom stereocenters. The first-order chi connectivity index (χ1) is 9.97. The summed E-state index contributed by atoms with van der Waals surface area (Å²) in [7, 11) is 0. The Morgan fingerprint density at radius 1 is 1.52 bits per heavy atom. The zero-order chi connectivity index (χ0) is 15.4. The molecule has 4 nitrogen and oxygen atoms in total. The number of halogens is 3. The summed E-state index contributed by atoms with van der Waals surface area (Å²) in [5.74, 6) is -0.698. The van der Waals surface area contributed by atoms with Gasteiger partial charge in [-0.1, -0.05) is 23.2 Å². The zero-order valence-electron chi connectivity index (χ0n) is 11.6. The largest absolute Gasteiger partial charge is 0.378 e. The van der Waals surface area contributed by atoms with Crippen LogP contribution in [0.2, 0.25) is 10.0 Å². The van der Waals surface area contributed by atoms with Crippen LogP contribution in [0.1, 0.15) is 24.9 Å². The Bertz CT molecular complexity index is 522. The van der Waals surface area contributed by atoms with Crippen molar-refractivity contribution >= 4 is 29.1 Å². The maximum atomic E-state index is 13.5. The van der Waals surface area contributed by atoms with Crippen molar-refractivity contribution in [3.05, 3.63) is 33.6 Å². The Balaban J connectivity index is 1.95. The highest BCUT2D eigenvalue weighted by Gasteiger charge is 2.20. The monoisotopic (exact) mass is 334 g/mol. The van der Waals surface area contributed by atoms with E-state index in [0.717, 1.165) is 6.54 Å². The van der Waals surface area contributed by atoms with Gasteiger partial charge >= 0.3 is 0 Å². The van der Waals surface area contributed by atoms with E-state index in [9.17, 15) is 9.18 Å². The van der Waals surface area contributed by atoms with Crippen LogP contribution in [0.3, 0.4) is 0 Å². The molecule has 0 spiro atoms. The second kappa shape index (κ2) is 7.40. The number of hydrogen-bond donors (Lipinski definition) is 2. The van der Waals surface area contributed by atoms with E-state index in [0.29, 0.717) is 30.2 Å². The summed E-state index contributed by atoms with van der Waals surface area (Å²) < 4.78 is 18.8. The number of morpholine rings is 1. The van der Waals surface area contributed by atoms with Crippen molar-refractivity contribution in [2.45, 2.75) is 25.4 Å². The lowest BCUT2D eigenvalue weighted by molar-refractivity contribution is -0.122. The summed E-state index contributed by atoms with van der Waals surface area (Å²) in [6.45, 7) is 3.66. The van der Waals surface area contributed by atoms with E-state index in [1.54, 1.807) is 6.92 Å². The Hall–Kier alpha value is -0.880. The molecule has 1 aliphatic rings. The molecule has 1 aromatic rings. The predicted octanol–water partition coefficient (Wildman–Crippen LogP) is 2.69. The molecule has 7 heteroatoms. The lowest BCUT2D eigenvalue weighted by Gasteiger charge is -2.24. The Labute approximate surface area is 132 Å². The molecule has 0 bridgehead atoms. The summed E-state index contributed by atoms with van der Waals surface area (Å²) in [4.78, 5) is 12.0. The summed E-state index contributed by atoms with van der Waals surface area (Å²) in [5, 5.41) is 6.29. The van der Waals surface area contributed by atoms with Crippen LogP contribution < -0.4 is 10.6 Å². The van der Waals surface area contributed by atoms with E-state index < -0.39 is 11.9 Å². The Morgan fingerprint density at radius 3 is 2.95 bits per heavy atom. The summed E-state index contributed by atoms with van der Waals surface area (Å²) in [5.41, 5.74) is 0.500. The van der Waals surface area contributed by atoms with Crippen LogP contribution in [0.5, 0.6) is 0 Å². The number of carbonyl (C=O) groups is 1. The van der Waals surface area contributed by atoms with Gasteiger partial charge in [-0.05, 0) is 24.6 Å². The van der Waals surface area contributed by atoms with Crippen molar-refractivity contribution in [3.63, 3.8) is 0 Å². The van der Waals surface area contributed by atoms with Gasteiger partial charge in [-0.2, -0.15) is 0 Å². The molecule has 116 valence electrons. The normalized spacial score (nSPS) is 20.1. The first-order valence-corrected chi connectivity index (χ1v) is 7.48. The smallest absolute Gasteiger partial charge is 0.222 e. The van der Waals surface area contributed by atoms with Crippen LogP contribution >= 0.6 is 23.2 Å². The lowest BCUT2D eigenvalue weighted by Crippen LogP contribution is -2.44. The van der Waals surface area contributed by atoms with Crippen molar-refractivity contribution in [3.8, 4) is 0 Å². The minimum Gasteiger partial charge on any atom is -0.378 e. The highest BCUT2D eigenvalue weighted by molar-refractivity contribution is 6.35. The molecule has 1 aliphatic heterocycles. The van der Waals surface area contributed by atoms with Gasteiger partial charge in [-0.3, -0.25) is 4.79 Å². The van der Waals surface area contributed by atoms with E-state index >= 15 is 0 Å². The Morgan fingerprint density at radius 2 is 2.29 bits per heavy atom. The first-order valence-electron chi connectivity index (χ1n) is 6.72. The standard InChI is InChI=1S/C14H17Cl2FN2O2/c1-8(10-5-13(17)12(16)6-11(10)15)19-14(20)4-9-7-21-3-2-18-9/h5-6,8-9,18H,2-4,7H2,1H3,(H,19,20). The SMILES string of the molecule is CC(NC(=O)CC1COCCN1)c1cc(F)c(Cl)cc1Cl. The Kier molecular flexibility index (Phi) is 5.81. The van der Waals surface area contributed by atoms with Gasteiger partial charge in [0.15, 0.2) is 0 Å². The van der Waals surface area contributed by atoms with Crippen molar-refractivity contribution in [1.82, 2.24) is 10.6 Å². The van der Waals surface area contributed by atoms with Crippen LogP contribution in [-0.4, -0.2) is 31.7 Å². The van der Waals surface area contributed by atoms with Crippen LogP contribution in [0, 0.1) is 5.82 Å². The molecular formula is C14H17Cl2FN2O2. The molecule has 1 saturated heterocycles. The quantitative estimate of drug-likeness (QED) is 0.832. The summed E-state index contributed by atoms with van der Waals surface area (Å²) in [6.07, 6.45) is 0.304. The van der Waals surface area contributed by atoms with Gasteiger partial charge in [0.1, 0.15) is 5.82 Å². The van der Waals surface area contributed by atoms with Gasteiger partial charge < -0.3 is 15.4 Å². The molecule has 2 rings (SSSR count). The maximum Gasteiger partial charge on any atom is 0.222 e. The van der Waals surface area contributed by atoms with Crippen LogP contribution in [0.15, 0.2) is 12.1 Å². The number of ether oxygens (including phenoxy) is 1. The molecule has 2 N–H and O–H groups in total. The van der Waals surface area contributed by atoms with Gasteiger partial charge in [-0.25, -0.2) is 4.39 Å². The topological polar surface area (TPSA) is 50.4 Å². The lowest BCUT2D eigenvalue weighted by atomic mass is 10.1. The number of nitrogens with one attached hydrogen (secondary N) is 2. The second-order valence-electron chi connectivity index (χ2n) is 5.01. The zero-order valence-corrected chi connectivity index (χ0v) is 13.1. The van der Waals surface area contributed by atoms with Gasteiger partial charge in [0, 0.05) is 24.0 Å². The van der Waals surface area contributed by atoms with E-state index in [1.807, 2.05) is 0 Å². The van der Waals surface area contributed by atoms with Gasteiger partial charge in [0.25, 0.3) is 0 Å². The molecule has 1 heterocycles. The third-order valence-electron chi connectivity index (χ3n) is 3.31. The van der Waals surface area contributed by atoms with Gasteiger partial charge in [0.2, 0.25) is 5.91 Å². The molecular weight excluding hydrogens is 318 g/mol. The van der Waals surface area contributed by atoms with Crippen LogP contribution in [0.25, 0.3) is 0 Å². The van der Waals surface area contributed by atoms with Gasteiger partial charge in [-0.15, -0.1) is 0 Å². The van der Waals surface area contributed by atoms with Crippen molar-refractivity contribution in [2.24, 2.45) is 0 Å². The molecule has 0 aliphatic carbocycles. The number of rotatable bonds is 4. The second-order valence-corrected chi connectivity index (χ2v) is 5.82. The molecule has 21 heavy (non-hydrogen) atoms. The van der Waals surface area contributed by atoms with E-state index in [-0.39, 0.29) is 17.0 Å². The third kappa shape index (κ3) is 4.54. The highest BCUT2D eigenvalue weighted by Crippen LogP contribution is 2.28. The fourth-order valence-electron chi connectivity index (χ4n) is 2.22. The van der Waals surface area contributed by atoms with Gasteiger partial charge in [0.05, 0.1) is 24.3 Å². The maximum absolute atomic E-state index is 13.5. The number of amides is 1. The average Bonchev–Trinajstić information content (AvgIpc) is 2.43. The molecule has 0 aromatic heterocycles. The molecule has 2 unspecified atom stereocenters. The molecule has 1 amide bonds. The van der Waals surface area contributed by atoms with Crippen molar-refractivity contribution in [1.29, 1.82) is 0 Å². The minimum atomic E-state index is -0.556. The number of carbonyl (C=O) groups excluding carboxylic acids is 1. The third-order valence-corrected chi connectivity index (χ3v) is 3.93. The summed E-state index contributed by atoms with van der Waals surface area (Å²) in [6, 6.07) is 2.19. The van der Waals surface area contributed by atoms with Crippen molar-refractivity contribution in [2.75, 3.05) is 19.8 Å². The fraction of sp³-hybridized carbons (Fsp3) is 0.500. The van der Waals surface area contributed by atoms with E-state index in [4.69, 9.17) is 27.9 Å². The van der Waals surface area contributed by atoms with Crippen molar-refractivity contribution < 1.29 is 13.9 Å². The van der Waals surface area contributed by atoms with E-state index in [2.05, 4.69) is 10.6 Å². The number of benzene rings is 1. The molecule has 0 saturated carbocycles. The predicted molar refractivity (Wildman–Crippen MR) is 80.2 cm³/mol. The first kappa shape index (κ1) is 16.5. The molecule has 1 fully saturated rings. The van der Waals surface area contributed by atoms with Crippen LogP contribution in [-0.2, 0) is 9.53 Å². The minimum absolute atomic E-state index is 0.00313. The fourth-order valence-corrected chi connectivity index (χ4v) is 2.77.